The maximum Gasteiger partial charge on any atom is 0.235 e. The highest BCUT2D eigenvalue weighted by atomic mass is 32.2. The molecule has 0 aromatic heterocycles. The van der Waals surface area contributed by atoms with Gasteiger partial charge in [-0.2, -0.15) is 4.31 Å². The molecule has 1 amide bonds. The van der Waals surface area contributed by atoms with Crippen molar-refractivity contribution in [3.8, 4) is 0 Å². The number of carbonyl (C=O) groups excluding carboxylic acids is 1. The van der Waals surface area contributed by atoms with Gasteiger partial charge in [0.1, 0.15) is 5.82 Å². The van der Waals surface area contributed by atoms with Crippen molar-refractivity contribution >= 4 is 15.9 Å². The van der Waals surface area contributed by atoms with Gasteiger partial charge >= 0.3 is 0 Å². The van der Waals surface area contributed by atoms with Crippen LogP contribution in [0.15, 0.2) is 54.6 Å². The molecule has 0 saturated heterocycles. The number of amides is 1. The quantitative estimate of drug-likeness (QED) is 0.693. The summed E-state index contributed by atoms with van der Waals surface area (Å²) in [6.07, 6.45) is 1.74. The van der Waals surface area contributed by atoms with Crippen molar-refractivity contribution in [3.63, 3.8) is 0 Å². The highest BCUT2D eigenvalue weighted by Crippen LogP contribution is 2.21. The third kappa shape index (κ3) is 6.73. The summed E-state index contributed by atoms with van der Waals surface area (Å²) in [5.41, 5.74) is 1.19. The normalized spacial score (nSPS) is 12.9. The molecule has 1 atom stereocenters. The topological polar surface area (TPSA) is 66.5 Å². The molecule has 152 valence electrons. The number of benzene rings is 2. The smallest absolute Gasteiger partial charge is 0.235 e. The zero-order chi connectivity index (χ0) is 20.7. The van der Waals surface area contributed by atoms with Crippen LogP contribution in [-0.4, -0.2) is 31.4 Å². The summed E-state index contributed by atoms with van der Waals surface area (Å²) in [6.45, 7) is 3.56. The molecule has 0 radical (unpaired) electrons. The van der Waals surface area contributed by atoms with Gasteiger partial charge in [-0.05, 0) is 24.0 Å². The summed E-state index contributed by atoms with van der Waals surface area (Å²) >= 11 is 0. The van der Waals surface area contributed by atoms with Gasteiger partial charge in [-0.15, -0.1) is 0 Å². The number of nitrogens with zero attached hydrogens (tertiary/aromatic N) is 1. The molecule has 0 saturated carbocycles. The highest BCUT2D eigenvalue weighted by Gasteiger charge is 2.24. The van der Waals surface area contributed by atoms with Crippen LogP contribution in [0.5, 0.6) is 0 Å². The predicted octanol–water partition coefficient (Wildman–Crippen LogP) is 3.49. The summed E-state index contributed by atoms with van der Waals surface area (Å²) in [7, 11) is -3.69. The largest absolute Gasteiger partial charge is 0.348 e. The molecule has 28 heavy (non-hydrogen) atoms. The lowest BCUT2D eigenvalue weighted by Gasteiger charge is -2.24. The van der Waals surface area contributed by atoms with E-state index in [1.165, 1.54) is 18.2 Å². The van der Waals surface area contributed by atoms with Gasteiger partial charge in [0.25, 0.3) is 0 Å². The van der Waals surface area contributed by atoms with Gasteiger partial charge in [-0.25, -0.2) is 12.8 Å². The van der Waals surface area contributed by atoms with Crippen LogP contribution in [0.25, 0.3) is 0 Å². The molecule has 0 bridgehead atoms. The van der Waals surface area contributed by atoms with Crippen LogP contribution >= 0.6 is 0 Å². The second-order valence-corrected chi connectivity index (χ2v) is 9.27. The van der Waals surface area contributed by atoms with E-state index in [-0.39, 0.29) is 24.7 Å². The molecule has 0 aliphatic carbocycles. The molecule has 1 unspecified atom stereocenters. The summed E-state index contributed by atoms with van der Waals surface area (Å²) < 4.78 is 39.2. The Morgan fingerprint density at radius 1 is 1.07 bits per heavy atom. The molecule has 1 N–H and O–H groups in total. The maximum atomic E-state index is 13.9. The van der Waals surface area contributed by atoms with E-state index in [0.717, 1.165) is 22.5 Å². The first kappa shape index (κ1) is 22.0. The monoisotopic (exact) mass is 406 g/mol. The Morgan fingerprint density at radius 2 is 1.68 bits per heavy atom. The van der Waals surface area contributed by atoms with Gasteiger partial charge in [0.2, 0.25) is 15.9 Å². The van der Waals surface area contributed by atoms with Gasteiger partial charge in [0, 0.05) is 12.1 Å². The van der Waals surface area contributed by atoms with Crippen LogP contribution in [0.2, 0.25) is 0 Å². The molecule has 2 aromatic rings. The average molecular weight is 407 g/mol. The third-order valence-corrected chi connectivity index (χ3v) is 5.53. The first-order valence-corrected chi connectivity index (χ1v) is 11.0. The molecule has 5 nitrogen and oxygen atoms in total. The molecule has 0 aliphatic rings. The van der Waals surface area contributed by atoms with Gasteiger partial charge in [0.05, 0.1) is 18.8 Å². The van der Waals surface area contributed by atoms with Crippen LogP contribution in [0, 0.1) is 11.7 Å². The van der Waals surface area contributed by atoms with E-state index < -0.39 is 21.7 Å². The predicted molar refractivity (Wildman–Crippen MR) is 108 cm³/mol. The number of carbonyl (C=O) groups is 1. The number of hydrogen-bond acceptors (Lipinski definition) is 3. The third-order valence-electron chi connectivity index (χ3n) is 4.34. The van der Waals surface area contributed by atoms with Crippen molar-refractivity contribution in [2.24, 2.45) is 5.92 Å². The number of sulfonamides is 1. The van der Waals surface area contributed by atoms with E-state index in [1.54, 1.807) is 6.07 Å². The minimum absolute atomic E-state index is 0.195. The summed E-state index contributed by atoms with van der Waals surface area (Å²) in [4.78, 5) is 12.6. The van der Waals surface area contributed by atoms with E-state index in [2.05, 4.69) is 19.2 Å². The Bertz CT molecular complexity index is 886. The van der Waals surface area contributed by atoms with Crippen molar-refractivity contribution in [3.05, 3.63) is 71.5 Å². The first-order valence-electron chi connectivity index (χ1n) is 9.19. The molecule has 0 spiro atoms. The first-order chi connectivity index (χ1) is 13.2. The van der Waals surface area contributed by atoms with Crippen molar-refractivity contribution in [2.45, 2.75) is 32.9 Å². The lowest BCUT2D eigenvalue weighted by molar-refractivity contribution is -0.122. The van der Waals surface area contributed by atoms with Gasteiger partial charge in [-0.3, -0.25) is 4.79 Å². The van der Waals surface area contributed by atoms with E-state index in [0.29, 0.717) is 5.92 Å². The lowest BCUT2D eigenvalue weighted by atomic mass is 9.97. The standard InChI is InChI=1S/C21H27FN2O3S/c1-16(2)13-20(17-9-5-4-6-10-17)23-21(25)15-24(28(3,26)27)14-18-11-7-8-12-19(18)22/h4-12,16,20H,13-15H2,1-3H3,(H,23,25). The number of nitrogens with one attached hydrogen (secondary N) is 1. The zero-order valence-electron chi connectivity index (χ0n) is 16.4. The second-order valence-electron chi connectivity index (χ2n) is 7.28. The zero-order valence-corrected chi connectivity index (χ0v) is 17.2. The van der Waals surface area contributed by atoms with Crippen molar-refractivity contribution in [2.75, 3.05) is 12.8 Å². The molecule has 2 aromatic carbocycles. The number of rotatable bonds is 9. The van der Waals surface area contributed by atoms with Crippen LogP contribution in [-0.2, 0) is 21.4 Å². The van der Waals surface area contributed by atoms with E-state index in [4.69, 9.17) is 0 Å². The minimum Gasteiger partial charge on any atom is -0.348 e. The molecule has 7 heteroatoms. The van der Waals surface area contributed by atoms with Crippen LogP contribution in [0.1, 0.15) is 37.4 Å². The average Bonchev–Trinajstić information content (AvgIpc) is 2.62. The fraction of sp³-hybridized carbons (Fsp3) is 0.381. The van der Waals surface area contributed by atoms with Crippen molar-refractivity contribution in [1.29, 1.82) is 0 Å². The summed E-state index contributed by atoms with van der Waals surface area (Å²) in [5.74, 6) is -0.579. The van der Waals surface area contributed by atoms with Gasteiger partial charge in [0.15, 0.2) is 0 Å². The van der Waals surface area contributed by atoms with E-state index in [9.17, 15) is 17.6 Å². The number of halogens is 1. The highest BCUT2D eigenvalue weighted by molar-refractivity contribution is 7.88. The maximum absolute atomic E-state index is 13.9. The number of hydrogen-bond donors (Lipinski definition) is 1. The second kappa shape index (κ2) is 9.80. The van der Waals surface area contributed by atoms with E-state index in [1.807, 2.05) is 30.3 Å². The van der Waals surface area contributed by atoms with Crippen molar-refractivity contribution in [1.82, 2.24) is 9.62 Å². The molecule has 2 rings (SSSR count). The van der Waals surface area contributed by atoms with Crippen molar-refractivity contribution < 1.29 is 17.6 Å². The van der Waals surface area contributed by atoms with Gasteiger partial charge < -0.3 is 5.32 Å². The lowest BCUT2D eigenvalue weighted by Crippen LogP contribution is -2.41. The Balaban J connectivity index is 2.14. The summed E-state index contributed by atoms with van der Waals surface area (Å²) in [5, 5.41) is 2.93. The van der Waals surface area contributed by atoms with E-state index >= 15 is 0 Å². The Kier molecular flexibility index (Phi) is 7.71. The fourth-order valence-electron chi connectivity index (χ4n) is 2.94. The molecule has 0 aliphatic heterocycles. The molecule has 0 heterocycles. The molecule has 0 fully saturated rings. The Labute approximate surface area is 166 Å². The van der Waals surface area contributed by atoms with Crippen LogP contribution in [0.3, 0.4) is 0 Å². The van der Waals surface area contributed by atoms with Crippen LogP contribution in [0.4, 0.5) is 4.39 Å². The summed E-state index contributed by atoms with van der Waals surface area (Å²) in [6, 6.07) is 15.3. The SMILES string of the molecule is CC(C)CC(NC(=O)CN(Cc1ccccc1F)S(C)(=O)=O)c1ccccc1. The Morgan fingerprint density at radius 3 is 2.25 bits per heavy atom. The fourth-order valence-corrected chi connectivity index (χ4v) is 3.67. The molecular formula is C21H27FN2O3S. The van der Waals surface area contributed by atoms with Crippen LogP contribution < -0.4 is 5.32 Å². The molecular weight excluding hydrogens is 379 g/mol. The minimum atomic E-state index is -3.69. The Hall–Kier alpha value is -2.25. The van der Waals surface area contributed by atoms with Gasteiger partial charge in [-0.1, -0.05) is 62.4 Å².